The quantitative estimate of drug-likeness (QED) is 0.666. The molecule has 0 aliphatic rings. The van der Waals surface area contributed by atoms with E-state index in [9.17, 15) is 8.42 Å². The molecule has 0 saturated heterocycles. The van der Waals surface area contributed by atoms with Gasteiger partial charge in [-0.05, 0) is 12.8 Å². The lowest BCUT2D eigenvalue weighted by Crippen LogP contribution is -2.45. The third kappa shape index (κ3) is 6.34. The van der Waals surface area contributed by atoms with Crippen molar-refractivity contribution in [1.29, 1.82) is 0 Å². The Morgan fingerprint density at radius 3 is 2.07 bits per heavy atom. The first-order valence-corrected chi connectivity index (χ1v) is 6.87. The molecule has 4 nitrogen and oxygen atoms in total. The topological polar surface area (TPSA) is 66.4 Å². The molecule has 2 unspecified atom stereocenters. The van der Waals surface area contributed by atoms with E-state index in [2.05, 4.69) is 5.32 Å². The Bertz CT molecular complexity index is 249. The van der Waals surface area contributed by atoms with Crippen molar-refractivity contribution in [2.75, 3.05) is 18.6 Å². The molecule has 0 aromatic carbocycles. The minimum absolute atomic E-state index is 0.0335. The Labute approximate surface area is 86.6 Å². The molecule has 5 heteroatoms. The highest BCUT2D eigenvalue weighted by Crippen LogP contribution is 2.02. The molecule has 14 heavy (non-hydrogen) atoms. The summed E-state index contributed by atoms with van der Waals surface area (Å²) in [6.07, 6.45) is 1.22. The Kier molecular flexibility index (Phi) is 5.63. The molecule has 0 fully saturated rings. The second kappa shape index (κ2) is 5.68. The Morgan fingerprint density at radius 1 is 1.29 bits per heavy atom. The summed E-state index contributed by atoms with van der Waals surface area (Å²) in [5.41, 5.74) is 0. The number of rotatable bonds is 6. The van der Waals surface area contributed by atoms with Crippen molar-refractivity contribution in [3.05, 3.63) is 0 Å². The second-order valence-electron chi connectivity index (χ2n) is 4.19. The van der Waals surface area contributed by atoms with Gasteiger partial charge in [-0.1, -0.05) is 13.8 Å². The van der Waals surface area contributed by atoms with Gasteiger partial charge < -0.3 is 10.4 Å². The molecular formula is C9H21NO3S. The Morgan fingerprint density at radius 2 is 1.79 bits per heavy atom. The lowest BCUT2D eigenvalue weighted by molar-refractivity contribution is 0.203. The van der Waals surface area contributed by atoms with E-state index < -0.39 is 9.84 Å². The van der Waals surface area contributed by atoms with Crippen molar-refractivity contribution in [1.82, 2.24) is 5.32 Å². The molecule has 0 rings (SSSR count). The molecule has 0 heterocycles. The van der Waals surface area contributed by atoms with E-state index >= 15 is 0 Å². The molecule has 2 atom stereocenters. The van der Waals surface area contributed by atoms with Crippen LogP contribution in [0.2, 0.25) is 0 Å². The summed E-state index contributed by atoms with van der Waals surface area (Å²) in [6, 6.07) is -0.156. The second-order valence-corrected chi connectivity index (χ2v) is 6.38. The zero-order valence-corrected chi connectivity index (χ0v) is 10.1. The highest BCUT2D eigenvalue weighted by atomic mass is 32.2. The number of nitrogens with one attached hydrogen (secondary N) is 1. The number of sulfone groups is 1. The third-order valence-electron chi connectivity index (χ3n) is 2.05. The first-order valence-electron chi connectivity index (χ1n) is 4.81. The molecular weight excluding hydrogens is 202 g/mol. The van der Waals surface area contributed by atoms with Gasteiger partial charge in [0.05, 0.1) is 12.4 Å². The summed E-state index contributed by atoms with van der Waals surface area (Å²) < 4.78 is 22.0. The Hall–Kier alpha value is -0.130. The van der Waals surface area contributed by atoms with Gasteiger partial charge in [0.2, 0.25) is 0 Å². The van der Waals surface area contributed by atoms with Crippen molar-refractivity contribution >= 4 is 9.84 Å². The summed E-state index contributed by atoms with van der Waals surface area (Å²) in [7, 11) is -2.95. The molecule has 0 saturated carbocycles. The van der Waals surface area contributed by atoms with Gasteiger partial charge in [-0.2, -0.15) is 0 Å². The van der Waals surface area contributed by atoms with Gasteiger partial charge in [0.15, 0.2) is 0 Å². The van der Waals surface area contributed by atoms with Gasteiger partial charge in [0.1, 0.15) is 9.84 Å². The van der Waals surface area contributed by atoms with Crippen LogP contribution in [0.15, 0.2) is 0 Å². The molecule has 0 aliphatic heterocycles. The first-order chi connectivity index (χ1) is 6.26. The van der Waals surface area contributed by atoms with Crippen LogP contribution in [-0.4, -0.2) is 44.2 Å². The minimum Gasteiger partial charge on any atom is -0.395 e. The molecule has 0 aliphatic carbocycles. The predicted molar refractivity (Wildman–Crippen MR) is 58.0 cm³/mol. The van der Waals surface area contributed by atoms with Gasteiger partial charge in [0.25, 0.3) is 0 Å². The van der Waals surface area contributed by atoms with Crippen LogP contribution in [0.4, 0.5) is 0 Å². The van der Waals surface area contributed by atoms with Gasteiger partial charge in [-0.3, -0.25) is 0 Å². The van der Waals surface area contributed by atoms with Gasteiger partial charge in [0, 0.05) is 18.3 Å². The fourth-order valence-electron chi connectivity index (χ4n) is 1.32. The number of aliphatic hydroxyl groups is 1. The standard InChI is InChI=1S/C9H21NO3S/c1-7(2)9(5-11)10-8(3)6-14(4,12)13/h7-11H,5-6H2,1-4H3. The first kappa shape index (κ1) is 13.9. The zero-order valence-electron chi connectivity index (χ0n) is 9.32. The molecule has 0 radical (unpaired) electrons. The average molecular weight is 223 g/mol. The van der Waals surface area contributed by atoms with Gasteiger partial charge >= 0.3 is 0 Å². The fourth-order valence-corrected chi connectivity index (χ4v) is 2.33. The van der Waals surface area contributed by atoms with Crippen LogP contribution in [-0.2, 0) is 9.84 Å². The van der Waals surface area contributed by atoms with Crippen LogP contribution in [0, 0.1) is 5.92 Å². The summed E-state index contributed by atoms with van der Waals surface area (Å²) in [4.78, 5) is 0. The Balaban J connectivity index is 4.10. The van der Waals surface area contributed by atoms with Crippen molar-refractivity contribution in [2.45, 2.75) is 32.9 Å². The van der Waals surface area contributed by atoms with Crippen LogP contribution < -0.4 is 5.32 Å². The van der Waals surface area contributed by atoms with Gasteiger partial charge in [-0.25, -0.2) is 8.42 Å². The molecule has 0 aromatic rings. The van der Waals surface area contributed by atoms with Crippen molar-refractivity contribution in [3.8, 4) is 0 Å². The molecule has 0 aromatic heterocycles. The van der Waals surface area contributed by atoms with Crippen molar-refractivity contribution in [3.63, 3.8) is 0 Å². The van der Waals surface area contributed by atoms with E-state index in [1.54, 1.807) is 0 Å². The van der Waals surface area contributed by atoms with Crippen LogP contribution in [0.5, 0.6) is 0 Å². The maximum atomic E-state index is 11.0. The van der Waals surface area contributed by atoms with Crippen molar-refractivity contribution in [2.24, 2.45) is 5.92 Å². The SMILES string of the molecule is CC(CS(C)(=O)=O)NC(CO)C(C)C. The van der Waals surface area contributed by atoms with Crippen LogP contribution >= 0.6 is 0 Å². The lowest BCUT2D eigenvalue weighted by Gasteiger charge is -2.24. The minimum atomic E-state index is -2.95. The summed E-state index contributed by atoms with van der Waals surface area (Å²) >= 11 is 0. The van der Waals surface area contributed by atoms with E-state index in [4.69, 9.17) is 5.11 Å². The molecule has 0 spiro atoms. The van der Waals surface area contributed by atoms with E-state index in [-0.39, 0.29) is 24.4 Å². The highest BCUT2D eigenvalue weighted by Gasteiger charge is 2.17. The normalized spacial score (nSPS) is 17.0. The summed E-state index contributed by atoms with van der Waals surface area (Å²) in [6.45, 7) is 5.82. The third-order valence-corrected chi connectivity index (χ3v) is 3.16. The molecule has 0 bridgehead atoms. The van der Waals surface area contributed by atoms with E-state index in [1.165, 1.54) is 6.26 Å². The number of aliphatic hydroxyl groups excluding tert-OH is 1. The van der Waals surface area contributed by atoms with Crippen LogP contribution in [0.25, 0.3) is 0 Å². The van der Waals surface area contributed by atoms with Crippen LogP contribution in [0.3, 0.4) is 0 Å². The maximum Gasteiger partial charge on any atom is 0.148 e. The smallest absolute Gasteiger partial charge is 0.148 e. The predicted octanol–water partition coefficient (Wildman–Crippen LogP) is 0.0260. The monoisotopic (exact) mass is 223 g/mol. The molecule has 0 amide bonds. The van der Waals surface area contributed by atoms with E-state index in [1.807, 2.05) is 20.8 Å². The van der Waals surface area contributed by atoms with Gasteiger partial charge in [-0.15, -0.1) is 0 Å². The summed E-state index contributed by atoms with van der Waals surface area (Å²) in [5, 5.41) is 12.1. The maximum absolute atomic E-state index is 11.0. The van der Waals surface area contributed by atoms with Crippen LogP contribution in [0.1, 0.15) is 20.8 Å². The highest BCUT2D eigenvalue weighted by molar-refractivity contribution is 7.90. The zero-order chi connectivity index (χ0) is 11.4. The number of hydrogen-bond donors (Lipinski definition) is 2. The lowest BCUT2D eigenvalue weighted by atomic mass is 10.0. The molecule has 86 valence electrons. The van der Waals surface area contributed by atoms with Crippen molar-refractivity contribution < 1.29 is 13.5 Å². The summed E-state index contributed by atoms with van der Waals surface area (Å²) in [5.74, 6) is 0.401. The fraction of sp³-hybridized carbons (Fsp3) is 1.00. The number of hydrogen-bond acceptors (Lipinski definition) is 4. The average Bonchev–Trinajstić information content (AvgIpc) is 1.96. The largest absolute Gasteiger partial charge is 0.395 e. The van der Waals surface area contributed by atoms with E-state index in [0.717, 1.165) is 0 Å². The molecule has 2 N–H and O–H groups in total. The van der Waals surface area contributed by atoms with E-state index in [0.29, 0.717) is 5.92 Å².